The maximum Gasteiger partial charge on any atom is 0.334 e. The molecule has 2 aliphatic carbocycles. The molecule has 6 N–H and O–H groups in total. The number of nitrogens with two attached hydrogens (primary N) is 1. The van der Waals surface area contributed by atoms with E-state index in [0.29, 0.717) is 75.8 Å². The van der Waals surface area contributed by atoms with Crippen molar-refractivity contribution >= 4 is 39.4 Å². The number of piperidine rings is 1. The highest BCUT2D eigenvalue weighted by atomic mass is 33.1. The average Bonchev–Trinajstić information content (AvgIpc) is 3.54. The largest absolute Gasteiger partial charge is 0.462 e. The fraction of sp³-hybridized carbons (Fsp3) is 0.833. The van der Waals surface area contributed by atoms with E-state index >= 15 is 0 Å². The van der Waals surface area contributed by atoms with Gasteiger partial charge in [-0.1, -0.05) is 39.3 Å². The van der Waals surface area contributed by atoms with Crippen LogP contribution in [0.5, 0.6) is 0 Å². The highest BCUT2D eigenvalue weighted by molar-refractivity contribution is 8.76. The average molecular weight is 819 g/mol. The predicted molar refractivity (Wildman–Crippen MR) is 218 cm³/mol. The van der Waals surface area contributed by atoms with Crippen molar-refractivity contribution < 1.29 is 38.8 Å². The molecule has 7 rings (SSSR count). The number of carbonyl (C=O) groups is 3. The Morgan fingerprint density at radius 3 is 2.75 bits per heavy atom. The first kappa shape index (κ1) is 42.5. The zero-order valence-corrected chi connectivity index (χ0v) is 35.4. The highest BCUT2D eigenvalue weighted by Gasteiger charge is 2.68. The fourth-order valence-corrected chi connectivity index (χ4v) is 14.2. The number of hydrogen-bond donors (Lipinski definition) is 5. The van der Waals surface area contributed by atoms with E-state index in [0.717, 1.165) is 31.0 Å². The van der Waals surface area contributed by atoms with Crippen LogP contribution in [0.15, 0.2) is 23.3 Å². The summed E-state index contributed by atoms with van der Waals surface area (Å²) in [6.45, 7) is 8.07. The molecule has 8 unspecified atom stereocenters. The minimum absolute atomic E-state index is 0.0134. The van der Waals surface area contributed by atoms with Crippen molar-refractivity contribution in [1.29, 1.82) is 0 Å². The molecule has 5 aliphatic heterocycles. The van der Waals surface area contributed by atoms with E-state index in [1.807, 2.05) is 35.6 Å². The van der Waals surface area contributed by atoms with Crippen LogP contribution >= 0.6 is 21.6 Å². The lowest BCUT2D eigenvalue weighted by Gasteiger charge is -2.57. The first-order chi connectivity index (χ1) is 26.9. The first-order valence-corrected chi connectivity index (χ1v) is 23.8. The van der Waals surface area contributed by atoms with Crippen molar-refractivity contribution in [2.45, 2.75) is 121 Å². The van der Waals surface area contributed by atoms with Gasteiger partial charge in [-0.3, -0.25) is 9.59 Å². The summed E-state index contributed by atoms with van der Waals surface area (Å²) in [7, 11) is 5.68. The molecular formula is C42H66N4O8S2. The number of carbonyl (C=O) groups excluding carboxylic acids is 3. The van der Waals surface area contributed by atoms with Crippen LogP contribution in [0.3, 0.4) is 0 Å². The van der Waals surface area contributed by atoms with Crippen LogP contribution in [0, 0.1) is 47.3 Å². The molecule has 0 aromatic heterocycles. The molecule has 1 amide bonds. The summed E-state index contributed by atoms with van der Waals surface area (Å²) in [5.74, 6) is 1.70. The second-order valence-corrected chi connectivity index (χ2v) is 20.7. The number of allylic oxidation sites excluding steroid dienone is 1. The van der Waals surface area contributed by atoms with E-state index in [-0.39, 0.29) is 96.9 Å². The highest BCUT2D eigenvalue weighted by Crippen LogP contribution is 2.62. The third-order valence-corrected chi connectivity index (χ3v) is 17.2. The number of amides is 1. The summed E-state index contributed by atoms with van der Waals surface area (Å²) in [5, 5.41) is 26.3. The minimum atomic E-state index is -0.993. The zero-order valence-electron chi connectivity index (χ0n) is 33.8. The fourth-order valence-electron chi connectivity index (χ4n) is 11.7. The number of nitrogens with zero attached hydrogens (tertiary/aromatic N) is 1. The van der Waals surface area contributed by atoms with Gasteiger partial charge < -0.3 is 45.7 Å². The predicted octanol–water partition coefficient (Wildman–Crippen LogP) is 3.80. The molecule has 0 radical (unpaired) electrons. The van der Waals surface area contributed by atoms with Crippen molar-refractivity contribution in [3.05, 3.63) is 23.3 Å². The van der Waals surface area contributed by atoms with Gasteiger partial charge in [0.2, 0.25) is 5.91 Å². The summed E-state index contributed by atoms with van der Waals surface area (Å²) < 4.78 is 20.5. The molecule has 7 aliphatic rings. The summed E-state index contributed by atoms with van der Waals surface area (Å²) in [4.78, 5) is 43.6. The van der Waals surface area contributed by atoms with E-state index < -0.39 is 11.2 Å². The Labute approximate surface area is 341 Å². The van der Waals surface area contributed by atoms with Gasteiger partial charge in [-0.2, -0.15) is 0 Å². The van der Waals surface area contributed by atoms with Crippen molar-refractivity contribution in [2.24, 2.45) is 53.1 Å². The maximum atomic E-state index is 14.2. The topological polar surface area (TPSA) is 173 Å². The lowest BCUT2D eigenvalue weighted by Crippen LogP contribution is -2.66. The van der Waals surface area contributed by atoms with Gasteiger partial charge in [-0.25, -0.2) is 4.79 Å². The standard InChI is InChI=1S/C42H66N4O8S2/c1-5-24(2)39(50)54-41(3)9-8-26-22-55-56-23-33-31(18-44-4)20-46(33)37(49)14-30-19-45-36(43)15-32(30)38(26)42(41)17-29-13-27-12-28(11-25(21-48)7-6-10-47)40(51)52-34(27)16-35(29)53-42/h5,8,25,27-36,38,44-45,47-48H,6-7,9-23,43H2,1-4H3/t25-,27?,28?,29?,30?,31+,32?,33+,34?,35?,36?,38+,41+,42+/m1/s1. The Hall–Kier alpha value is -1.65. The van der Waals surface area contributed by atoms with E-state index in [4.69, 9.17) is 19.9 Å². The number of nitrogens with one attached hydrogen (secondary N) is 2. The smallest absolute Gasteiger partial charge is 0.334 e. The first-order valence-electron chi connectivity index (χ1n) is 21.3. The molecule has 56 heavy (non-hydrogen) atoms. The van der Waals surface area contributed by atoms with E-state index in [2.05, 4.69) is 28.5 Å². The van der Waals surface area contributed by atoms with Gasteiger partial charge in [-0.15, -0.1) is 0 Å². The monoisotopic (exact) mass is 818 g/mol. The van der Waals surface area contributed by atoms with Crippen molar-refractivity contribution in [1.82, 2.24) is 15.5 Å². The lowest BCUT2D eigenvalue weighted by molar-refractivity contribution is -0.229. The Morgan fingerprint density at radius 1 is 1.18 bits per heavy atom. The van der Waals surface area contributed by atoms with Crippen LogP contribution in [0.2, 0.25) is 0 Å². The zero-order chi connectivity index (χ0) is 39.8. The third kappa shape index (κ3) is 8.25. The molecule has 14 atom stereocenters. The molecule has 0 bridgehead atoms. The molecule has 1 saturated carbocycles. The van der Waals surface area contributed by atoms with Gasteiger partial charge >= 0.3 is 11.9 Å². The molecule has 6 fully saturated rings. The number of aliphatic hydroxyl groups excluding tert-OH is 2. The third-order valence-electron chi connectivity index (χ3n) is 14.9. The number of rotatable bonds is 10. The minimum Gasteiger partial charge on any atom is -0.462 e. The SMILES string of the molecule is CC=C(C)C(=O)O[C@@]1(C)CC=C2CSSC[C@H]3[C@@H](CNC)CN3C(=O)CC3CNC(N)CC3[C@H]2[C@@]12CC1CC3CC(C[C@H](CO)CCCO)C(=O)OC3CC1O2. The van der Waals surface area contributed by atoms with Crippen LogP contribution in [0.4, 0.5) is 0 Å². The Balaban J connectivity index is 1.22. The molecular weight excluding hydrogens is 753 g/mol. The molecule has 0 aromatic carbocycles. The second kappa shape index (κ2) is 17.9. The van der Waals surface area contributed by atoms with Crippen LogP contribution in [0.25, 0.3) is 0 Å². The van der Waals surface area contributed by atoms with Gasteiger partial charge in [0.25, 0.3) is 0 Å². The van der Waals surface area contributed by atoms with Crippen LogP contribution in [-0.4, -0.2) is 120 Å². The van der Waals surface area contributed by atoms with Gasteiger partial charge in [0, 0.05) is 87.1 Å². The summed E-state index contributed by atoms with van der Waals surface area (Å²) in [6.07, 6.45) is 9.74. The Kier molecular flexibility index (Phi) is 13.6. The van der Waals surface area contributed by atoms with Crippen molar-refractivity contribution in [2.75, 3.05) is 51.4 Å². The van der Waals surface area contributed by atoms with E-state index in [1.54, 1.807) is 13.0 Å². The molecule has 14 heteroatoms. The lowest BCUT2D eigenvalue weighted by atomic mass is 9.56. The van der Waals surface area contributed by atoms with E-state index in [9.17, 15) is 24.6 Å². The van der Waals surface area contributed by atoms with Gasteiger partial charge in [0.1, 0.15) is 17.3 Å². The number of esters is 2. The molecule has 0 aromatic rings. The number of fused-ring (bicyclic) bond motifs is 7. The molecule has 12 nitrogen and oxygen atoms in total. The second-order valence-electron chi connectivity index (χ2n) is 18.2. The quantitative estimate of drug-likeness (QED) is 0.0935. The number of hydrogen-bond acceptors (Lipinski definition) is 13. The van der Waals surface area contributed by atoms with Gasteiger partial charge in [0.05, 0.1) is 18.2 Å². The van der Waals surface area contributed by atoms with Crippen LogP contribution < -0.4 is 16.4 Å². The molecule has 1 spiro atoms. The maximum absolute atomic E-state index is 14.2. The molecule has 314 valence electrons. The Bertz CT molecular complexity index is 1520. The van der Waals surface area contributed by atoms with Gasteiger partial charge in [-0.05, 0) is 102 Å². The molecule has 5 heterocycles. The van der Waals surface area contributed by atoms with E-state index in [1.165, 1.54) is 5.57 Å². The normalized spacial score (nSPS) is 42.0. The summed E-state index contributed by atoms with van der Waals surface area (Å²) in [6, 6.07) is 0.220. The number of ether oxygens (including phenoxy) is 3. The van der Waals surface area contributed by atoms with Gasteiger partial charge in [0.15, 0.2) is 0 Å². The molecule has 5 saturated heterocycles. The number of aliphatic hydroxyl groups is 2. The summed E-state index contributed by atoms with van der Waals surface area (Å²) in [5.41, 5.74) is 6.74. The summed E-state index contributed by atoms with van der Waals surface area (Å²) >= 11 is 0. The van der Waals surface area contributed by atoms with Crippen molar-refractivity contribution in [3.8, 4) is 0 Å². The van der Waals surface area contributed by atoms with Crippen LogP contribution in [0.1, 0.15) is 85.0 Å². The Morgan fingerprint density at radius 2 is 2.00 bits per heavy atom. The van der Waals surface area contributed by atoms with Crippen LogP contribution in [-0.2, 0) is 28.6 Å². The van der Waals surface area contributed by atoms with Crippen molar-refractivity contribution in [3.63, 3.8) is 0 Å².